The fourth-order valence-electron chi connectivity index (χ4n) is 1.67. The molecule has 2 aliphatic heterocycles. The van der Waals surface area contributed by atoms with Gasteiger partial charge in [-0.05, 0) is 19.9 Å². The summed E-state index contributed by atoms with van der Waals surface area (Å²) in [6.45, 7) is 4.47. The van der Waals surface area contributed by atoms with Crippen LogP contribution in [0.3, 0.4) is 0 Å². The zero-order valence-corrected chi connectivity index (χ0v) is 8.42. The number of aliphatic hydroxyl groups excluding tert-OH is 1. The SMILES string of the molecule is CCO[C@@H]1C=C[C@@H](O)[C@@H]([C@@H]2O[C@H]2C)O1. The van der Waals surface area contributed by atoms with E-state index in [-0.39, 0.29) is 24.6 Å². The van der Waals surface area contributed by atoms with Crippen molar-refractivity contribution >= 4 is 0 Å². The predicted octanol–water partition coefficient (Wildman–Crippen LogP) is 0.452. The Kier molecular flexibility index (Phi) is 2.88. The van der Waals surface area contributed by atoms with Gasteiger partial charge in [-0.2, -0.15) is 0 Å². The molecule has 0 unspecified atom stereocenters. The quantitative estimate of drug-likeness (QED) is 0.531. The Hall–Kier alpha value is -0.420. The van der Waals surface area contributed by atoms with Gasteiger partial charge in [0.25, 0.3) is 0 Å². The fraction of sp³-hybridized carbons (Fsp3) is 0.800. The zero-order chi connectivity index (χ0) is 10.1. The molecule has 0 aromatic carbocycles. The molecule has 0 aromatic rings. The Bertz CT molecular complexity index is 228. The van der Waals surface area contributed by atoms with Crippen LogP contribution in [0, 0.1) is 0 Å². The Morgan fingerprint density at radius 1 is 1.29 bits per heavy atom. The number of hydrogen-bond acceptors (Lipinski definition) is 4. The minimum atomic E-state index is -0.582. The summed E-state index contributed by atoms with van der Waals surface area (Å²) in [7, 11) is 0. The maximum absolute atomic E-state index is 9.64. The van der Waals surface area contributed by atoms with Crippen LogP contribution in [0.1, 0.15) is 13.8 Å². The molecule has 14 heavy (non-hydrogen) atoms. The first-order valence-electron chi connectivity index (χ1n) is 5.01. The van der Waals surface area contributed by atoms with Crippen molar-refractivity contribution < 1.29 is 19.3 Å². The van der Waals surface area contributed by atoms with Gasteiger partial charge in [0.2, 0.25) is 0 Å². The van der Waals surface area contributed by atoms with Crippen molar-refractivity contribution in [3.63, 3.8) is 0 Å². The van der Waals surface area contributed by atoms with Crippen molar-refractivity contribution in [2.24, 2.45) is 0 Å². The van der Waals surface area contributed by atoms with Gasteiger partial charge >= 0.3 is 0 Å². The molecule has 4 nitrogen and oxygen atoms in total. The van der Waals surface area contributed by atoms with Crippen LogP contribution in [-0.4, -0.2) is 42.4 Å². The molecular formula is C10H16O4. The summed E-state index contributed by atoms with van der Waals surface area (Å²) in [5.74, 6) is 0. The molecule has 0 spiro atoms. The Labute approximate surface area is 83.5 Å². The minimum absolute atomic E-state index is 0.0120. The Morgan fingerprint density at radius 3 is 2.57 bits per heavy atom. The van der Waals surface area contributed by atoms with Gasteiger partial charge in [0.05, 0.1) is 6.10 Å². The van der Waals surface area contributed by atoms with Crippen LogP contribution in [0.25, 0.3) is 0 Å². The van der Waals surface area contributed by atoms with E-state index in [0.29, 0.717) is 6.61 Å². The molecule has 0 saturated carbocycles. The van der Waals surface area contributed by atoms with E-state index in [0.717, 1.165) is 0 Å². The summed E-state index contributed by atoms with van der Waals surface area (Å²) in [5, 5.41) is 9.64. The molecule has 1 fully saturated rings. The van der Waals surface area contributed by atoms with E-state index in [1.165, 1.54) is 0 Å². The van der Waals surface area contributed by atoms with Crippen molar-refractivity contribution in [1.29, 1.82) is 0 Å². The van der Waals surface area contributed by atoms with Crippen LogP contribution in [-0.2, 0) is 14.2 Å². The van der Waals surface area contributed by atoms with E-state index >= 15 is 0 Å². The number of rotatable bonds is 3. The van der Waals surface area contributed by atoms with Crippen LogP contribution in [0.4, 0.5) is 0 Å². The van der Waals surface area contributed by atoms with E-state index in [4.69, 9.17) is 14.2 Å². The van der Waals surface area contributed by atoms with Crippen molar-refractivity contribution in [3.05, 3.63) is 12.2 Å². The largest absolute Gasteiger partial charge is 0.386 e. The third-order valence-electron chi connectivity index (χ3n) is 2.51. The Balaban J connectivity index is 1.94. The molecule has 5 atom stereocenters. The predicted molar refractivity (Wildman–Crippen MR) is 49.8 cm³/mol. The van der Waals surface area contributed by atoms with Crippen LogP contribution in [0.5, 0.6) is 0 Å². The second-order valence-electron chi connectivity index (χ2n) is 3.61. The van der Waals surface area contributed by atoms with Crippen molar-refractivity contribution in [2.45, 2.75) is 44.6 Å². The van der Waals surface area contributed by atoms with Gasteiger partial charge in [-0.1, -0.05) is 6.08 Å². The van der Waals surface area contributed by atoms with E-state index < -0.39 is 6.10 Å². The van der Waals surface area contributed by atoms with Crippen LogP contribution in [0.15, 0.2) is 12.2 Å². The standard InChI is InChI=1S/C10H16O4/c1-3-12-8-5-4-7(11)10(14-8)9-6(2)13-9/h4-11H,3H2,1-2H3/t6-,7+,8-,9+,10-/m0/s1. The summed E-state index contributed by atoms with van der Waals surface area (Å²) in [5.41, 5.74) is 0. The number of hydrogen-bond donors (Lipinski definition) is 1. The first-order chi connectivity index (χ1) is 6.72. The van der Waals surface area contributed by atoms with Gasteiger partial charge in [0.15, 0.2) is 6.29 Å². The van der Waals surface area contributed by atoms with Gasteiger partial charge < -0.3 is 19.3 Å². The van der Waals surface area contributed by atoms with Crippen LogP contribution < -0.4 is 0 Å². The van der Waals surface area contributed by atoms with Gasteiger partial charge in [-0.15, -0.1) is 0 Å². The number of epoxide rings is 1. The topological polar surface area (TPSA) is 51.2 Å². The van der Waals surface area contributed by atoms with Crippen LogP contribution in [0.2, 0.25) is 0 Å². The normalized spacial score (nSPS) is 46.6. The second kappa shape index (κ2) is 3.98. The van der Waals surface area contributed by atoms with Crippen molar-refractivity contribution in [2.75, 3.05) is 6.61 Å². The van der Waals surface area contributed by atoms with Crippen molar-refractivity contribution in [1.82, 2.24) is 0 Å². The second-order valence-corrected chi connectivity index (χ2v) is 3.61. The van der Waals surface area contributed by atoms with E-state index in [2.05, 4.69) is 0 Å². The van der Waals surface area contributed by atoms with E-state index in [1.807, 2.05) is 13.8 Å². The molecule has 2 aliphatic rings. The number of aliphatic hydroxyl groups is 1. The number of ether oxygens (including phenoxy) is 3. The average molecular weight is 200 g/mol. The summed E-state index contributed by atoms with van der Waals surface area (Å²) >= 11 is 0. The highest BCUT2D eigenvalue weighted by Crippen LogP contribution is 2.31. The maximum Gasteiger partial charge on any atom is 0.177 e. The molecule has 2 heterocycles. The fourth-order valence-corrected chi connectivity index (χ4v) is 1.67. The maximum atomic E-state index is 9.64. The summed E-state index contributed by atoms with van der Waals surface area (Å²) in [6.07, 6.45) is 2.43. The third-order valence-corrected chi connectivity index (χ3v) is 2.51. The van der Waals surface area contributed by atoms with E-state index in [9.17, 15) is 5.11 Å². The lowest BCUT2D eigenvalue weighted by Crippen LogP contribution is -2.40. The first-order valence-corrected chi connectivity index (χ1v) is 5.01. The molecule has 0 radical (unpaired) electrons. The molecule has 1 N–H and O–H groups in total. The molecule has 2 rings (SSSR count). The molecule has 4 heteroatoms. The van der Waals surface area contributed by atoms with E-state index in [1.54, 1.807) is 12.2 Å². The summed E-state index contributed by atoms with van der Waals surface area (Å²) in [4.78, 5) is 0. The highest BCUT2D eigenvalue weighted by Gasteiger charge is 2.46. The van der Waals surface area contributed by atoms with Gasteiger partial charge in [-0.3, -0.25) is 0 Å². The lowest BCUT2D eigenvalue weighted by Gasteiger charge is -2.28. The first kappa shape index (κ1) is 10.1. The Morgan fingerprint density at radius 2 is 2.00 bits per heavy atom. The van der Waals surface area contributed by atoms with Crippen molar-refractivity contribution in [3.8, 4) is 0 Å². The molecule has 80 valence electrons. The molecule has 0 aliphatic carbocycles. The molecular weight excluding hydrogens is 184 g/mol. The van der Waals surface area contributed by atoms with Crippen LogP contribution >= 0.6 is 0 Å². The molecule has 0 amide bonds. The van der Waals surface area contributed by atoms with Gasteiger partial charge in [0.1, 0.15) is 18.3 Å². The highest BCUT2D eigenvalue weighted by atomic mass is 16.7. The lowest BCUT2D eigenvalue weighted by atomic mass is 10.1. The highest BCUT2D eigenvalue weighted by molar-refractivity contribution is 5.05. The molecule has 0 bridgehead atoms. The smallest absolute Gasteiger partial charge is 0.177 e. The zero-order valence-electron chi connectivity index (χ0n) is 8.42. The summed E-state index contributed by atoms with van der Waals surface area (Å²) in [6, 6.07) is 0. The monoisotopic (exact) mass is 200 g/mol. The van der Waals surface area contributed by atoms with Gasteiger partial charge in [0, 0.05) is 6.61 Å². The lowest BCUT2D eigenvalue weighted by molar-refractivity contribution is -0.173. The molecule has 0 aromatic heterocycles. The molecule has 1 saturated heterocycles. The summed E-state index contributed by atoms with van der Waals surface area (Å²) < 4.78 is 16.1. The van der Waals surface area contributed by atoms with Gasteiger partial charge in [-0.25, -0.2) is 0 Å². The third kappa shape index (κ3) is 1.98. The average Bonchev–Trinajstić information content (AvgIpc) is 2.87. The minimum Gasteiger partial charge on any atom is -0.386 e.